The third-order valence-corrected chi connectivity index (χ3v) is 11.8. The molecule has 0 fully saturated rings. The molecule has 4 N–H and O–H groups in total. The molecule has 0 aromatic carbocycles. The SMILES string of the molecule is CC/C=C\C/C=C\C/C=C\C/C=C\C=C\C(O)CCCC(=O)O[C@H](COC(=O)CCCCCCCCCCCCCCCCCCCCC(C)CC)COP(=O)(O)OC[C@@H](O)CO. The van der Waals surface area contributed by atoms with Gasteiger partial charge in [-0.25, -0.2) is 4.57 Å². The van der Waals surface area contributed by atoms with E-state index in [0.29, 0.717) is 19.3 Å². The number of hydrogen-bond acceptors (Lipinski definition) is 10. The van der Waals surface area contributed by atoms with E-state index in [-0.39, 0.29) is 19.4 Å². The van der Waals surface area contributed by atoms with Crippen LogP contribution in [0.15, 0.2) is 60.8 Å². The average molecular weight is 911 g/mol. The van der Waals surface area contributed by atoms with Gasteiger partial charge in [0.25, 0.3) is 0 Å². The number of carbonyl (C=O) groups is 2. The molecule has 63 heavy (non-hydrogen) atoms. The van der Waals surface area contributed by atoms with Gasteiger partial charge in [-0.1, -0.05) is 204 Å². The molecule has 0 saturated carbocycles. The first kappa shape index (κ1) is 60.6. The van der Waals surface area contributed by atoms with Crippen LogP contribution in [-0.4, -0.2) is 76.9 Å². The van der Waals surface area contributed by atoms with E-state index in [1.165, 1.54) is 103 Å². The molecule has 0 radical (unpaired) electrons. The van der Waals surface area contributed by atoms with Crippen molar-refractivity contribution in [2.45, 2.75) is 219 Å². The molecule has 0 spiro atoms. The second kappa shape index (κ2) is 44.8. The molecule has 0 heterocycles. The minimum absolute atomic E-state index is 0.0473. The van der Waals surface area contributed by atoms with E-state index in [1.54, 1.807) is 12.2 Å². The molecule has 366 valence electrons. The van der Waals surface area contributed by atoms with Gasteiger partial charge < -0.3 is 29.7 Å². The Balaban J connectivity index is 4.33. The number of rotatable bonds is 45. The van der Waals surface area contributed by atoms with Crippen LogP contribution in [0.25, 0.3) is 0 Å². The molecule has 0 aliphatic carbocycles. The lowest BCUT2D eigenvalue weighted by Crippen LogP contribution is -2.30. The summed E-state index contributed by atoms with van der Waals surface area (Å²) in [6.07, 6.45) is 46.5. The van der Waals surface area contributed by atoms with Crippen molar-refractivity contribution in [2.24, 2.45) is 5.92 Å². The summed E-state index contributed by atoms with van der Waals surface area (Å²) in [5, 5.41) is 28.7. The molecule has 3 unspecified atom stereocenters. The second-order valence-corrected chi connectivity index (χ2v) is 18.4. The van der Waals surface area contributed by atoms with Gasteiger partial charge in [-0.05, 0) is 50.9 Å². The van der Waals surface area contributed by atoms with Crippen LogP contribution in [-0.2, 0) is 32.7 Å². The first-order valence-corrected chi connectivity index (χ1v) is 26.2. The Hall–Kier alpha value is -2.37. The van der Waals surface area contributed by atoms with Crippen LogP contribution in [0.1, 0.15) is 201 Å². The quantitative estimate of drug-likeness (QED) is 0.0151. The average Bonchev–Trinajstić information content (AvgIpc) is 3.27. The molecule has 12 heteroatoms. The Labute approximate surface area is 383 Å². The highest BCUT2D eigenvalue weighted by molar-refractivity contribution is 7.47. The lowest BCUT2D eigenvalue weighted by atomic mass is 9.99. The molecule has 0 rings (SSSR count). The molecule has 5 atom stereocenters. The highest BCUT2D eigenvalue weighted by Gasteiger charge is 2.27. The molecule has 11 nitrogen and oxygen atoms in total. The number of phosphoric ester groups is 1. The molecule has 0 aliphatic rings. The van der Waals surface area contributed by atoms with Crippen molar-refractivity contribution >= 4 is 19.8 Å². The van der Waals surface area contributed by atoms with Crippen molar-refractivity contribution in [2.75, 3.05) is 26.4 Å². The highest BCUT2D eigenvalue weighted by Crippen LogP contribution is 2.43. The molecular formula is C51H91O11P. The highest BCUT2D eigenvalue weighted by atomic mass is 31.2. The number of allylic oxidation sites excluding steroid dienone is 9. The van der Waals surface area contributed by atoms with Crippen molar-refractivity contribution in [3.63, 3.8) is 0 Å². The Bertz CT molecular complexity index is 1260. The zero-order chi connectivity index (χ0) is 46.5. The summed E-state index contributed by atoms with van der Waals surface area (Å²) in [7, 11) is -4.68. The van der Waals surface area contributed by atoms with E-state index in [4.69, 9.17) is 19.1 Å². The molecular weight excluding hydrogens is 820 g/mol. The maximum absolute atomic E-state index is 12.7. The third-order valence-electron chi connectivity index (χ3n) is 10.8. The van der Waals surface area contributed by atoms with E-state index < -0.39 is 57.9 Å². The molecule has 0 saturated heterocycles. The third kappa shape index (κ3) is 44.6. The summed E-state index contributed by atoms with van der Waals surface area (Å²) in [5.74, 6) is -0.238. The molecule has 0 bridgehead atoms. The summed E-state index contributed by atoms with van der Waals surface area (Å²) in [4.78, 5) is 35.1. The number of aliphatic hydroxyl groups excluding tert-OH is 3. The topological polar surface area (TPSA) is 169 Å². The van der Waals surface area contributed by atoms with Crippen LogP contribution in [0.2, 0.25) is 0 Å². The number of ether oxygens (including phenoxy) is 2. The van der Waals surface area contributed by atoms with E-state index in [0.717, 1.165) is 50.9 Å². The van der Waals surface area contributed by atoms with E-state index in [2.05, 4.69) is 61.8 Å². The number of esters is 2. The van der Waals surface area contributed by atoms with Gasteiger partial charge in [0.1, 0.15) is 12.7 Å². The zero-order valence-corrected chi connectivity index (χ0v) is 40.7. The van der Waals surface area contributed by atoms with Gasteiger partial charge in [-0.15, -0.1) is 0 Å². The Morgan fingerprint density at radius 3 is 1.57 bits per heavy atom. The Morgan fingerprint density at radius 1 is 0.571 bits per heavy atom. The van der Waals surface area contributed by atoms with Gasteiger partial charge in [0.2, 0.25) is 0 Å². The Kier molecular flexibility index (Phi) is 43.1. The van der Waals surface area contributed by atoms with E-state index in [1.807, 2.05) is 12.2 Å². The predicted molar refractivity (Wildman–Crippen MR) is 257 cm³/mol. The summed E-state index contributed by atoms with van der Waals surface area (Å²) in [6.45, 7) is 4.45. The van der Waals surface area contributed by atoms with Crippen LogP contribution in [0.3, 0.4) is 0 Å². The number of carbonyl (C=O) groups excluding carboxylic acids is 2. The van der Waals surface area contributed by atoms with Gasteiger partial charge in [0.15, 0.2) is 6.10 Å². The van der Waals surface area contributed by atoms with Crippen molar-refractivity contribution in [3.05, 3.63) is 60.8 Å². The van der Waals surface area contributed by atoms with Crippen molar-refractivity contribution in [1.82, 2.24) is 0 Å². The first-order chi connectivity index (χ1) is 30.5. The summed E-state index contributed by atoms with van der Waals surface area (Å²) in [5.41, 5.74) is 0. The lowest BCUT2D eigenvalue weighted by Gasteiger charge is -2.20. The number of unbranched alkanes of at least 4 members (excludes halogenated alkanes) is 17. The summed E-state index contributed by atoms with van der Waals surface area (Å²) in [6, 6.07) is 0. The number of aliphatic hydroxyl groups is 3. The smallest absolute Gasteiger partial charge is 0.462 e. The lowest BCUT2D eigenvalue weighted by molar-refractivity contribution is -0.161. The molecule has 0 aromatic rings. The Morgan fingerprint density at radius 2 is 1.05 bits per heavy atom. The minimum atomic E-state index is -4.68. The molecule has 0 amide bonds. The molecule has 0 aromatic heterocycles. The van der Waals surface area contributed by atoms with Gasteiger partial charge in [0, 0.05) is 12.8 Å². The van der Waals surface area contributed by atoms with Gasteiger partial charge in [-0.2, -0.15) is 0 Å². The van der Waals surface area contributed by atoms with Crippen molar-refractivity contribution in [3.8, 4) is 0 Å². The number of phosphoric acid groups is 1. The predicted octanol–water partition coefficient (Wildman–Crippen LogP) is 12.7. The van der Waals surface area contributed by atoms with Crippen molar-refractivity contribution in [1.29, 1.82) is 0 Å². The van der Waals surface area contributed by atoms with Crippen LogP contribution < -0.4 is 0 Å². The molecule has 0 aliphatic heterocycles. The van der Waals surface area contributed by atoms with Gasteiger partial charge in [-0.3, -0.25) is 18.6 Å². The largest absolute Gasteiger partial charge is 0.472 e. The fourth-order valence-corrected chi connectivity index (χ4v) is 7.44. The van der Waals surface area contributed by atoms with Crippen LogP contribution in [0.5, 0.6) is 0 Å². The summed E-state index contributed by atoms with van der Waals surface area (Å²) >= 11 is 0. The monoisotopic (exact) mass is 911 g/mol. The van der Waals surface area contributed by atoms with Crippen LogP contribution in [0.4, 0.5) is 0 Å². The summed E-state index contributed by atoms with van der Waals surface area (Å²) < 4.78 is 32.7. The van der Waals surface area contributed by atoms with Crippen LogP contribution >= 0.6 is 7.82 Å². The maximum Gasteiger partial charge on any atom is 0.472 e. The number of hydrogen-bond donors (Lipinski definition) is 4. The van der Waals surface area contributed by atoms with E-state index in [9.17, 15) is 29.3 Å². The fraction of sp³-hybridized carbons (Fsp3) is 0.765. The van der Waals surface area contributed by atoms with Gasteiger partial charge >= 0.3 is 19.8 Å². The maximum atomic E-state index is 12.7. The van der Waals surface area contributed by atoms with Crippen LogP contribution in [0, 0.1) is 5.92 Å². The normalized spacial score (nSPS) is 15.2. The zero-order valence-electron chi connectivity index (χ0n) is 39.8. The minimum Gasteiger partial charge on any atom is -0.462 e. The fourth-order valence-electron chi connectivity index (χ4n) is 6.65. The van der Waals surface area contributed by atoms with E-state index >= 15 is 0 Å². The van der Waals surface area contributed by atoms with Gasteiger partial charge in [0.05, 0.1) is 25.9 Å². The van der Waals surface area contributed by atoms with Crippen molar-refractivity contribution < 1.29 is 52.9 Å². The standard InChI is InChI=1S/C51H91O11P/c1-4-6-7-8-9-10-11-18-22-25-28-31-34-38-47(53)39-36-41-51(56)62-49(45-61-63(57,58)60-43-48(54)42-52)44-59-50(55)40-35-32-29-26-23-20-17-15-13-12-14-16-19-21-24-27-30-33-37-46(3)5-2/h6-7,9-10,18,22,28,31,34,38,46-49,52-54H,4-5,8,11-17,19-21,23-27,29-30,32-33,35-37,39-45H2,1-3H3,(H,57,58)/b7-6-,10-9-,22-18-,31-28-,38-34+/t46?,47?,48-,49+/m0/s1. The second-order valence-electron chi connectivity index (χ2n) is 16.9. The first-order valence-electron chi connectivity index (χ1n) is 24.7.